The van der Waals surface area contributed by atoms with Crippen LogP contribution in [0.25, 0.3) is 22.3 Å². The number of piperazine rings is 1. The predicted octanol–water partition coefficient (Wildman–Crippen LogP) is 4.39. The van der Waals surface area contributed by atoms with Gasteiger partial charge in [-0.2, -0.15) is 5.10 Å². The van der Waals surface area contributed by atoms with Gasteiger partial charge < -0.3 is 25.6 Å². The van der Waals surface area contributed by atoms with Crippen LogP contribution in [0.3, 0.4) is 0 Å². The van der Waals surface area contributed by atoms with Crippen LogP contribution in [0.2, 0.25) is 0 Å². The number of nitrogens with two attached hydrogens (primary N) is 1. The second-order valence-electron chi connectivity index (χ2n) is 19.0. The number of para-hydroxylation sites is 1. The van der Waals surface area contributed by atoms with Gasteiger partial charge >= 0.3 is 0 Å². The molecule has 3 aromatic carbocycles. The van der Waals surface area contributed by atoms with Crippen molar-refractivity contribution in [2.24, 2.45) is 11.8 Å². The van der Waals surface area contributed by atoms with E-state index in [1.165, 1.54) is 6.33 Å². The number of nitrogens with one attached hydrogen (secondary N) is 2. The van der Waals surface area contributed by atoms with Gasteiger partial charge in [0, 0.05) is 80.8 Å². The van der Waals surface area contributed by atoms with Crippen molar-refractivity contribution in [2.45, 2.75) is 70.0 Å². The van der Waals surface area contributed by atoms with Crippen molar-refractivity contribution >= 4 is 46.4 Å². The van der Waals surface area contributed by atoms with E-state index in [1.807, 2.05) is 76.3 Å². The first-order valence-electron chi connectivity index (χ1n) is 24.7. The molecule has 5 amide bonds. The molecular formula is C54H57N11O6. The number of carbonyl (C=O) groups is 5. The number of nitrogen functional groups attached to an aromatic ring is 1. The zero-order chi connectivity index (χ0) is 48.8. The third-order valence-corrected chi connectivity index (χ3v) is 14.4. The van der Waals surface area contributed by atoms with E-state index in [-0.39, 0.29) is 42.6 Å². The van der Waals surface area contributed by atoms with E-state index in [9.17, 15) is 24.0 Å². The van der Waals surface area contributed by atoms with Gasteiger partial charge in [-0.15, -0.1) is 0 Å². The number of carbonyl (C=O) groups excluding carboxylic acids is 5. The summed E-state index contributed by atoms with van der Waals surface area (Å²) in [6.45, 7) is 6.24. The average molecular weight is 956 g/mol. The van der Waals surface area contributed by atoms with Crippen LogP contribution in [-0.2, 0) is 25.7 Å². The monoisotopic (exact) mass is 955 g/mol. The smallest absolute Gasteiger partial charge is 0.255 e. The molecule has 4 fully saturated rings. The van der Waals surface area contributed by atoms with Crippen LogP contribution >= 0.6 is 0 Å². The molecule has 3 saturated heterocycles. The minimum absolute atomic E-state index is 0.0200. The summed E-state index contributed by atoms with van der Waals surface area (Å²) < 4.78 is 7.92. The van der Waals surface area contributed by atoms with Crippen LogP contribution in [-0.4, -0.2) is 134 Å². The summed E-state index contributed by atoms with van der Waals surface area (Å²) in [5, 5.41) is 11.1. The van der Waals surface area contributed by atoms with Crippen LogP contribution in [0, 0.1) is 35.5 Å². The number of ether oxygens (including phenoxy) is 1. The highest BCUT2D eigenvalue weighted by Gasteiger charge is 2.41. The Morgan fingerprint density at radius 3 is 2.32 bits per heavy atom. The van der Waals surface area contributed by atoms with Gasteiger partial charge in [-0.1, -0.05) is 54.7 Å². The number of aromatic nitrogens is 4. The van der Waals surface area contributed by atoms with Crippen LogP contribution in [0.15, 0.2) is 79.1 Å². The van der Waals surface area contributed by atoms with Crippen molar-refractivity contribution in [3.63, 3.8) is 0 Å². The minimum atomic E-state index is -0.642. The molecule has 4 aliphatic heterocycles. The number of nitrogens with zero attached hydrogens (tertiary/aromatic N) is 8. The maximum Gasteiger partial charge on any atom is 0.255 e. The Bertz CT molecular complexity index is 2960. The molecule has 17 nitrogen and oxygen atoms in total. The molecule has 4 atom stereocenters. The molecule has 1 aliphatic carbocycles. The summed E-state index contributed by atoms with van der Waals surface area (Å²) in [5.74, 6) is 12.9. The summed E-state index contributed by atoms with van der Waals surface area (Å²) in [5.41, 5.74) is 10.8. The number of hydrogen-bond acceptors (Lipinski definition) is 12. The summed E-state index contributed by atoms with van der Waals surface area (Å²) >= 11 is 0. The van der Waals surface area contributed by atoms with Crippen molar-refractivity contribution in [1.82, 2.24) is 50.0 Å². The van der Waals surface area contributed by atoms with Gasteiger partial charge in [-0.05, 0) is 92.3 Å². The summed E-state index contributed by atoms with van der Waals surface area (Å²) in [4.78, 5) is 82.1. The molecule has 2 aromatic heterocycles. The normalized spacial score (nSPS) is 21.7. The molecule has 17 heteroatoms. The van der Waals surface area contributed by atoms with E-state index >= 15 is 0 Å². The molecule has 5 aromatic rings. The minimum Gasteiger partial charge on any atom is -0.457 e. The Balaban J connectivity index is 0.686. The fourth-order valence-electron chi connectivity index (χ4n) is 10.6. The topological polar surface area (TPSA) is 201 Å². The lowest BCUT2D eigenvalue weighted by atomic mass is 9.77. The van der Waals surface area contributed by atoms with E-state index in [2.05, 4.69) is 54.1 Å². The van der Waals surface area contributed by atoms with E-state index in [0.717, 1.165) is 74.3 Å². The van der Waals surface area contributed by atoms with Crippen LogP contribution < -0.4 is 21.1 Å². The van der Waals surface area contributed by atoms with E-state index < -0.39 is 23.8 Å². The van der Waals surface area contributed by atoms with Crippen molar-refractivity contribution in [3.05, 3.63) is 95.8 Å². The van der Waals surface area contributed by atoms with Gasteiger partial charge in [0.25, 0.3) is 5.91 Å². The first kappa shape index (κ1) is 47.1. The highest BCUT2D eigenvalue weighted by molar-refractivity contribution is 6.05. The third kappa shape index (κ3) is 10.5. The highest BCUT2D eigenvalue weighted by atomic mass is 16.5. The fourth-order valence-corrected chi connectivity index (χ4v) is 10.6. The molecule has 364 valence electrons. The van der Waals surface area contributed by atoms with Crippen molar-refractivity contribution in [2.75, 3.05) is 64.6 Å². The van der Waals surface area contributed by atoms with Crippen LogP contribution in [0.4, 0.5) is 5.82 Å². The number of hydrogen-bond donors (Lipinski definition) is 3. The molecule has 5 aliphatic rings. The lowest BCUT2D eigenvalue weighted by molar-refractivity contribution is -0.145. The molecule has 10 rings (SSSR count). The second-order valence-corrected chi connectivity index (χ2v) is 19.0. The standard InChI is InChI=1S/C54H57N11O6/c55-49-47-48(37-17-19-41(20-18-37)71-40-12-2-1-3-13-40)60-65(50(47)58-35-57-49)39-11-9-27-63(34-39)53(69)44-15-5-4-14-43(44)51(67)56-24-6-7-25-61-28-30-62(31-29-61)26-8-10-36-16-21-42-38(32-36)33-64(54(42)70)45-22-23-46(66)59-52(45)68/h1-3,12-13,16-21,32,35,39,43-45H,4-5,9,11,14-15,22-31,33-34H2,(H,56,67)(H2,55,57,58)(H,59,66,68)/t39-,43-,44+,45?/m1/s1. The molecule has 0 radical (unpaired) electrons. The van der Waals surface area contributed by atoms with Crippen molar-refractivity contribution < 1.29 is 28.7 Å². The van der Waals surface area contributed by atoms with Crippen molar-refractivity contribution in [1.29, 1.82) is 0 Å². The second kappa shape index (κ2) is 21.2. The first-order valence-corrected chi connectivity index (χ1v) is 24.7. The van der Waals surface area contributed by atoms with E-state index in [0.29, 0.717) is 85.8 Å². The molecule has 6 heterocycles. The summed E-state index contributed by atoms with van der Waals surface area (Å²) in [6.07, 6.45) is 6.75. The number of piperidine rings is 2. The summed E-state index contributed by atoms with van der Waals surface area (Å²) in [7, 11) is 0. The number of imide groups is 1. The van der Waals surface area contributed by atoms with E-state index in [1.54, 1.807) is 11.0 Å². The lowest BCUT2D eigenvalue weighted by Gasteiger charge is -2.38. The SMILES string of the molecule is Nc1ncnc2c1c(-c1ccc(Oc3ccccc3)cc1)nn2[C@@H]1CCCN(C(=O)[C@H]2CCCC[C@H]2C(=O)NCC#CCN2CCN(CC#Cc3ccc4c(c3)CN(C3CCC(=O)NC3=O)C4=O)CC2)C1. The van der Waals surface area contributed by atoms with Gasteiger partial charge in [0.15, 0.2) is 5.65 Å². The largest absolute Gasteiger partial charge is 0.457 e. The molecule has 1 unspecified atom stereocenters. The Labute approximate surface area is 412 Å². The zero-order valence-corrected chi connectivity index (χ0v) is 39.6. The molecule has 0 spiro atoms. The number of rotatable bonds is 10. The van der Waals surface area contributed by atoms with E-state index in [4.69, 9.17) is 15.6 Å². The third-order valence-electron chi connectivity index (χ3n) is 14.4. The Morgan fingerprint density at radius 1 is 0.803 bits per heavy atom. The van der Waals surface area contributed by atoms with Crippen LogP contribution in [0.1, 0.15) is 78.9 Å². The number of fused-ring (bicyclic) bond motifs is 2. The number of likely N-dealkylation sites (tertiary alicyclic amines) is 1. The quantitative estimate of drug-likeness (QED) is 0.132. The number of benzene rings is 3. The van der Waals surface area contributed by atoms with Gasteiger partial charge in [-0.25, -0.2) is 14.6 Å². The lowest BCUT2D eigenvalue weighted by Crippen LogP contribution is -2.52. The zero-order valence-electron chi connectivity index (χ0n) is 39.6. The predicted molar refractivity (Wildman–Crippen MR) is 265 cm³/mol. The summed E-state index contributed by atoms with van der Waals surface area (Å²) in [6, 6.07) is 22.1. The fraction of sp³-hybridized carbons (Fsp3) is 0.407. The average Bonchev–Trinajstić information content (AvgIpc) is 3.95. The Kier molecular flexibility index (Phi) is 14.0. The Hall–Kier alpha value is -7.60. The van der Waals surface area contributed by atoms with Crippen LogP contribution in [0.5, 0.6) is 11.5 Å². The molecule has 71 heavy (non-hydrogen) atoms. The molecule has 0 bridgehead atoms. The first-order chi connectivity index (χ1) is 34.7. The van der Waals surface area contributed by atoms with Gasteiger partial charge in [0.1, 0.15) is 35.4 Å². The Morgan fingerprint density at radius 2 is 1.55 bits per heavy atom. The molecule has 4 N–H and O–H groups in total. The van der Waals surface area contributed by atoms with Crippen molar-refractivity contribution in [3.8, 4) is 46.4 Å². The van der Waals surface area contributed by atoms with Gasteiger partial charge in [-0.3, -0.25) is 39.1 Å². The maximum absolute atomic E-state index is 14.4. The molecule has 1 saturated carbocycles. The number of amides is 5. The highest BCUT2D eigenvalue weighted by Crippen LogP contribution is 2.37. The number of anilines is 1. The maximum atomic E-state index is 14.4. The van der Waals surface area contributed by atoms with Gasteiger partial charge in [0.05, 0.1) is 31.1 Å². The molecular weight excluding hydrogens is 899 g/mol. The van der Waals surface area contributed by atoms with Gasteiger partial charge in [0.2, 0.25) is 23.6 Å².